The largest absolute Gasteiger partial charge is 0.388 e. The average Bonchev–Trinajstić information content (AvgIpc) is 2.29. The van der Waals surface area contributed by atoms with Gasteiger partial charge in [-0.3, -0.25) is 4.98 Å². The molecule has 2 aromatic rings. The van der Waals surface area contributed by atoms with Gasteiger partial charge in [-0.15, -0.1) is 0 Å². The third-order valence-corrected chi connectivity index (χ3v) is 2.56. The highest BCUT2D eigenvalue weighted by Crippen LogP contribution is 2.21. The Labute approximate surface area is 89.6 Å². The molecule has 15 heavy (non-hydrogen) atoms. The summed E-state index contributed by atoms with van der Waals surface area (Å²) in [6.07, 6.45) is 3.16. The highest BCUT2D eigenvalue weighted by atomic mass is 16.3. The number of para-hydroxylation sites is 1. The zero-order valence-corrected chi connectivity index (χ0v) is 8.85. The van der Waals surface area contributed by atoms with Crippen molar-refractivity contribution in [3.05, 3.63) is 42.1 Å². The van der Waals surface area contributed by atoms with Gasteiger partial charge in [0.25, 0.3) is 0 Å². The first kappa shape index (κ1) is 10.1. The molecule has 2 rings (SSSR count). The molecule has 0 bridgehead atoms. The first-order valence-corrected chi connectivity index (χ1v) is 5.34. The van der Waals surface area contributed by atoms with Crippen LogP contribution >= 0.6 is 0 Å². The van der Waals surface area contributed by atoms with Crippen molar-refractivity contribution in [3.63, 3.8) is 0 Å². The molecule has 0 radical (unpaired) electrons. The first-order valence-electron chi connectivity index (χ1n) is 5.34. The molecule has 0 amide bonds. The molecule has 78 valence electrons. The lowest BCUT2D eigenvalue weighted by atomic mass is 10.1. The Morgan fingerprint density at radius 2 is 2.13 bits per heavy atom. The molecule has 0 spiro atoms. The molecule has 1 aromatic carbocycles. The molecule has 1 unspecified atom stereocenters. The summed E-state index contributed by atoms with van der Waals surface area (Å²) in [5.74, 6) is 0. The van der Waals surface area contributed by atoms with Crippen molar-refractivity contribution in [1.82, 2.24) is 4.98 Å². The monoisotopic (exact) mass is 201 g/mol. The number of fused-ring (bicyclic) bond motifs is 1. The van der Waals surface area contributed by atoms with Crippen molar-refractivity contribution in [2.24, 2.45) is 0 Å². The Kier molecular flexibility index (Phi) is 2.97. The van der Waals surface area contributed by atoms with E-state index in [-0.39, 0.29) is 6.10 Å². The van der Waals surface area contributed by atoms with Gasteiger partial charge in [0.15, 0.2) is 0 Å². The number of pyridine rings is 1. The number of nitrogens with zero attached hydrogens (tertiary/aromatic N) is 1. The van der Waals surface area contributed by atoms with E-state index in [1.165, 1.54) is 0 Å². The van der Waals surface area contributed by atoms with Gasteiger partial charge in [-0.05, 0) is 24.1 Å². The van der Waals surface area contributed by atoms with Crippen LogP contribution in [0.2, 0.25) is 0 Å². The molecule has 0 aliphatic heterocycles. The number of hydrogen-bond acceptors (Lipinski definition) is 2. The fourth-order valence-corrected chi connectivity index (χ4v) is 1.71. The van der Waals surface area contributed by atoms with Gasteiger partial charge >= 0.3 is 0 Å². The SMILES string of the molecule is CCCC(O)c1cnc2ccccc2c1. The molecule has 0 aliphatic rings. The fraction of sp³-hybridized carbons (Fsp3) is 0.308. The highest BCUT2D eigenvalue weighted by molar-refractivity contribution is 5.78. The molecule has 1 atom stereocenters. The van der Waals surface area contributed by atoms with Crippen LogP contribution in [0.15, 0.2) is 36.5 Å². The molecule has 2 nitrogen and oxygen atoms in total. The summed E-state index contributed by atoms with van der Waals surface area (Å²) in [7, 11) is 0. The minimum atomic E-state index is -0.382. The molecule has 0 fully saturated rings. The summed E-state index contributed by atoms with van der Waals surface area (Å²) >= 11 is 0. The summed E-state index contributed by atoms with van der Waals surface area (Å²) in [5, 5.41) is 10.9. The minimum Gasteiger partial charge on any atom is -0.388 e. The zero-order chi connectivity index (χ0) is 10.7. The quantitative estimate of drug-likeness (QED) is 0.827. The van der Waals surface area contributed by atoms with Gasteiger partial charge in [0.2, 0.25) is 0 Å². The van der Waals surface area contributed by atoms with E-state index in [0.717, 1.165) is 29.3 Å². The van der Waals surface area contributed by atoms with Crippen molar-refractivity contribution in [1.29, 1.82) is 0 Å². The molecule has 1 aromatic heterocycles. The van der Waals surface area contributed by atoms with Gasteiger partial charge in [0.05, 0.1) is 11.6 Å². The van der Waals surface area contributed by atoms with E-state index in [1.807, 2.05) is 30.3 Å². The van der Waals surface area contributed by atoms with Crippen LogP contribution in [0.25, 0.3) is 10.9 Å². The van der Waals surface area contributed by atoms with Crippen molar-refractivity contribution in [3.8, 4) is 0 Å². The van der Waals surface area contributed by atoms with Gasteiger partial charge in [-0.2, -0.15) is 0 Å². The van der Waals surface area contributed by atoms with Gasteiger partial charge < -0.3 is 5.11 Å². The van der Waals surface area contributed by atoms with Crippen LogP contribution in [-0.4, -0.2) is 10.1 Å². The van der Waals surface area contributed by atoms with Crippen LogP contribution in [-0.2, 0) is 0 Å². The standard InChI is InChI=1S/C13H15NO/c1-2-5-13(15)11-8-10-6-3-4-7-12(10)14-9-11/h3-4,6-9,13,15H,2,5H2,1H3. The molecular weight excluding hydrogens is 186 g/mol. The predicted octanol–water partition coefficient (Wildman–Crippen LogP) is 3.07. The van der Waals surface area contributed by atoms with Gasteiger partial charge in [0.1, 0.15) is 0 Å². The lowest BCUT2D eigenvalue weighted by molar-refractivity contribution is 0.166. The topological polar surface area (TPSA) is 33.1 Å². The lowest BCUT2D eigenvalue weighted by Gasteiger charge is -2.09. The summed E-state index contributed by atoms with van der Waals surface area (Å²) < 4.78 is 0. The zero-order valence-electron chi connectivity index (χ0n) is 8.85. The summed E-state index contributed by atoms with van der Waals surface area (Å²) in [4.78, 5) is 4.32. The number of benzene rings is 1. The maximum absolute atomic E-state index is 9.84. The van der Waals surface area contributed by atoms with E-state index < -0.39 is 0 Å². The minimum absolute atomic E-state index is 0.382. The summed E-state index contributed by atoms with van der Waals surface area (Å²) in [5.41, 5.74) is 1.89. The molecule has 1 N–H and O–H groups in total. The second-order valence-electron chi connectivity index (χ2n) is 3.77. The second kappa shape index (κ2) is 4.41. The normalized spacial score (nSPS) is 12.9. The second-order valence-corrected chi connectivity index (χ2v) is 3.77. The van der Waals surface area contributed by atoms with E-state index in [2.05, 4.69) is 11.9 Å². The lowest BCUT2D eigenvalue weighted by Crippen LogP contribution is -1.97. The van der Waals surface area contributed by atoms with Crippen LogP contribution in [0.3, 0.4) is 0 Å². The third-order valence-electron chi connectivity index (χ3n) is 2.56. The number of aliphatic hydroxyl groups excluding tert-OH is 1. The van der Waals surface area contributed by atoms with E-state index >= 15 is 0 Å². The molecule has 2 heteroatoms. The molecular formula is C13H15NO. The van der Waals surface area contributed by atoms with Crippen molar-refractivity contribution in [2.75, 3.05) is 0 Å². The predicted molar refractivity (Wildman–Crippen MR) is 61.6 cm³/mol. The number of aliphatic hydroxyl groups is 1. The van der Waals surface area contributed by atoms with Gasteiger partial charge in [-0.25, -0.2) is 0 Å². The smallest absolute Gasteiger partial charge is 0.0805 e. The number of aromatic nitrogens is 1. The maximum atomic E-state index is 9.84. The Bertz CT molecular complexity index is 453. The number of hydrogen-bond donors (Lipinski definition) is 1. The van der Waals surface area contributed by atoms with Crippen molar-refractivity contribution < 1.29 is 5.11 Å². The van der Waals surface area contributed by atoms with E-state index in [9.17, 15) is 5.11 Å². The van der Waals surface area contributed by atoms with E-state index in [1.54, 1.807) is 6.20 Å². The van der Waals surface area contributed by atoms with Crippen LogP contribution in [0, 0.1) is 0 Å². The van der Waals surface area contributed by atoms with E-state index in [0.29, 0.717) is 0 Å². The highest BCUT2D eigenvalue weighted by Gasteiger charge is 2.06. The van der Waals surface area contributed by atoms with Crippen LogP contribution < -0.4 is 0 Å². The third kappa shape index (κ3) is 2.16. The first-order chi connectivity index (χ1) is 7.31. The van der Waals surface area contributed by atoms with Crippen LogP contribution in [0.1, 0.15) is 31.4 Å². The van der Waals surface area contributed by atoms with Crippen molar-refractivity contribution in [2.45, 2.75) is 25.9 Å². The van der Waals surface area contributed by atoms with Crippen molar-refractivity contribution >= 4 is 10.9 Å². The molecule has 0 aliphatic carbocycles. The fourth-order valence-electron chi connectivity index (χ4n) is 1.71. The Hall–Kier alpha value is -1.41. The van der Waals surface area contributed by atoms with Crippen LogP contribution in [0.4, 0.5) is 0 Å². The molecule has 0 saturated heterocycles. The summed E-state index contributed by atoms with van der Waals surface area (Å²) in [6, 6.07) is 9.97. The summed E-state index contributed by atoms with van der Waals surface area (Å²) in [6.45, 7) is 2.07. The van der Waals surface area contributed by atoms with Gasteiger partial charge in [-0.1, -0.05) is 31.5 Å². The number of rotatable bonds is 3. The Morgan fingerprint density at radius 3 is 2.93 bits per heavy atom. The molecule has 0 saturated carbocycles. The molecule has 1 heterocycles. The Morgan fingerprint density at radius 1 is 1.33 bits per heavy atom. The average molecular weight is 201 g/mol. The van der Waals surface area contributed by atoms with E-state index in [4.69, 9.17) is 0 Å². The van der Waals surface area contributed by atoms with Gasteiger partial charge in [0, 0.05) is 11.6 Å². The Balaban J connectivity index is 2.38. The van der Waals surface area contributed by atoms with Crippen LogP contribution in [0.5, 0.6) is 0 Å². The maximum Gasteiger partial charge on any atom is 0.0805 e.